The molecular formula is C15H18ClFN4O. The Balaban J connectivity index is 0.00000176. The predicted molar refractivity (Wildman–Crippen MR) is 84.1 cm³/mol. The second kappa shape index (κ2) is 7.38. The lowest BCUT2D eigenvalue weighted by Crippen LogP contribution is -2.45. The summed E-state index contributed by atoms with van der Waals surface area (Å²) in [7, 11) is 0. The maximum Gasteiger partial charge on any atom is 0.272 e. The van der Waals surface area contributed by atoms with Crippen molar-refractivity contribution in [1.29, 1.82) is 0 Å². The van der Waals surface area contributed by atoms with Gasteiger partial charge in [0.25, 0.3) is 5.91 Å². The summed E-state index contributed by atoms with van der Waals surface area (Å²) in [4.78, 5) is 12.1. The van der Waals surface area contributed by atoms with Crippen molar-refractivity contribution < 1.29 is 9.18 Å². The van der Waals surface area contributed by atoms with Gasteiger partial charge in [-0.15, -0.1) is 12.4 Å². The van der Waals surface area contributed by atoms with Crippen molar-refractivity contribution in [2.75, 3.05) is 13.1 Å². The Morgan fingerprint density at radius 1 is 1.36 bits per heavy atom. The van der Waals surface area contributed by atoms with Crippen molar-refractivity contribution in [3.63, 3.8) is 0 Å². The smallest absolute Gasteiger partial charge is 0.272 e. The Morgan fingerprint density at radius 2 is 2.18 bits per heavy atom. The van der Waals surface area contributed by atoms with Crippen LogP contribution in [-0.2, 0) is 0 Å². The molecular weight excluding hydrogens is 307 g/mol. The fourth-order valence-electron chi connectivity index (χ4n) is 2.45. The van der Waals surface area contributed by atoms with Gasteiger partial charge in [0, 0.05) is 18.8 Å². The quantitative estimate of drug-likeness (QED) is 0.907. The molecule has 2 N–H and O–H groups in total. The van der Waals surface area contributed by atoms with E-state index in [4.69, 9.17) is 0 Å². The van der Waals surface area contributed by atoms with Gasteiger partial charge in [0.15, 0.2) is 5.69 Å². The first kappa shape index (κ1) is 16.5. The molecule has 118 valence electrons. The average molecular weight is 325 g/mol. The van der Waals surface area contributed by atoms with Crippen LogP contribution in [0, 0.1) is 5.82 Å². The Labute approximate surface area is 134 Å². The van der Waals surface area contributed by atoms with Gasteiger partial charge < -0.3 is 10.6 Å². The van der Waals surface area contributed by atoms with E-state index in [0.717, 1.165) is 25.9 Å². The van der Waals surface area contributed by atoms with Crippen LogP contribution in [-0.4, -0.2) is 34.8 Å². The Bertz CT molecular complexity index is 640. The molecule has 1 aliphatic rings. The van der Waals surface area contributed by atoms with E-state index in [2.05, 4.69) is 15.7 Å². The van der Waals surface area contributed by atoms with Crippen LogP contribution in [0.1, 0.15) is 23.3 Å². The molecule has 1 atom stereocenters. The summed E-state index contributed by atoms with van der Waals surface area (Å²) in [5.41, 5.74) is 0.625. The van der Waals surface area contributed by atoms with Gasteiger partial charge in [-0.05, 0) is 37.6 Å². The van der Waals surface area contributed by atoms with E-state index in [9.17, 15) is 9.18 Å². The highest BCUT2D eigenvalue weighted by Crippen LogP contribution is 2.12. The Kier molecular flexibility index (Phi) is 5.51. The molecule has 1 amide bonds. The number of carbonyl (C=O) groups is 1. The molecule has 22 heavy (non-hydrogen) atoms. The minimum Gasteiger partial charge on any atom is -0.347 e. The largest absolute Gasteiger partial charge is 0.347 e. The van der Waals surface area contributed by atoms with Crippen LogP contribution in [0.25, 0.3) is 5.69 Å². The third-order valence-corrected chi connectivity index (χ3v) is 3.55. The predicted octanol–water partition coefficient (Wildman–Crippen LogP) is 1.92. The van der Waals surface area contributed by atoms with Crippen molar-refractivity contribution in [3.05, 3.63) is 48.0 Å². The highest BCUT2D eigenvalue weighted by atomic mass is 35.5. The number of aromatic nitrogens is 2. The minimum atomic E-state index is -0.371. The zero-order valence-electron chi connectivity index (χ0n) is 12.0. The SMILES string of the molecule is Cl.O=C(N[C@H]1CCCNC1)c1ccn(-c2ccccc2F)n1. The fourth-order valence-corrected chi connectivity index (χ4v) is 2.45. The number of hydrogen-bond acceptors (Lipinski definition) is 3. The van der Waals surface area contributed by atoms with Gasteiger partial charge in [-0.1, -0.05) is 12.1 Å². The van der Waals surface area contributed by atoms with E-state index < -0.39 is 0 Å². The van der Waals surface area contributed by atoms with Crippen molar-refractivity contribution in [2.24, 2.45) is 0 Å². The molecule has 2 heterocycles. The second-order valence-electron chi connectivity index (χ2n) is 5.11. The minimum absolute atomic E-state index is 0. The summed E-state index contributed by atoms with van der Waals surface area (Å²) in [5.74, 6) is -0.595. The first-order valence-corrected chi connectivity index (χ1v) is 7.06. The highest BCUT2D eigenvalue weighted by molar-refractivity contribution is 5.92. The van der Waals surface area contributed by atoms with Gasteiger partial charge in [0.2, 0.25) is 0 Å². The molecule has 1 aromatic carbocycles. The van der Waals surface area contributed by atoms with Crippen LogP contribution < -0.4 is 10.6 Å². The Morgan fingerprint density at radius 3 is 2.91 bits per heavy atom. The zero-order chi connectivity index (χ0) is 14.7. The number of benzene rings is 1. The van der Waals surface area contributed by atoms with Crippen LogP contribution in [0.4, 0.5) is 4.39 Å². The lowest BCUT2D eigenvalue weighted by Gasteiger charge is -2.23. The fraction of sp³-hybridized carbons (Fsp3) is 0.333. The molecule has 0 unspecified atom stereocenters. The third-order valence-electron chi connectivity index (χ3n) is 3.55. The van der Waals surface area contributed by atoms with Gasteiger partial charge >= 0.3 is 0 Å². The van der Waals surface area contributed by atoms with E-state index in [0.29, 0.717) is 11.4 Å². The van der Waals surface area contributed by atoms with E-state index in [1.165, 1.54) is 10.7 Å². The number of piperidine rings is 1. The van der Waals surface area contributed by atoms with Gasteiger partial charge in [-0.3, -0.25) is 4.79 Å². The van der Waals surface area contributed by atoms with Crippen molar-refractivity contribution >= 4 is 18.3 Å². The molecule has 1 aromatic heterocycles. The number of nitrogens with zero attached hydrogens (tertiary/aromatic N) is 2. The van der Waals surface area contributed by atoms with E-state index in [1.807, 2.05) is 0 Å². The molecule has 2 aromatic rings. The zero-order valence-corrected chi connectivity index (χ0v) is 12.8. The molecule has 0 bridgehead atoms. The van der Waals surface area contributed by atoms with Gasteiger partial charge in [-0.2, -0.15) is 5.10 Å². The molecule has 0 aliphatic carbocycles. The molecule has 1 aliphatic heterocycles. The maximum absolute atomic E-state index is 13.7. The number of carbonyl (C=O) groups excluding carboxylic acids is 1. The summed E-state index contributed by atoms with van der Waals surface area (Å²) < 4.78 is 15.1. The lowest BCUT2D eigenvalue weighted by molar-refractivity contribution is 0.0925. The topological polar surface area (TPSA) is 59.0 Å². The first-order valence-electron chi connectivity index (χ1n) is 7.06. The number of hydrogen-bond donors (Lipinski definition) is 2. The molecule has 3 rings (SSSR count). The van der Waals surface area contributed by atoms with Crippen LogP contribution >= 0.6 is 12.4 Å². The Hall–Kier alpha value is -1.92. The number of rotatable bonds is 3. The molecule has 1 saturated heterocycles. The molecule has 0 radical (unpaired) electrons. The molecule has 1 fully saturated rings. The van der Waals surface area contributed by atoms with Crippen LogP contribution in [0.5, 0.6) is 0 Å². The number of nitrogens with one attached hydrogen (secondary N) is 2. The van der Waals surface area contributed by atoms with E-state index in [-0.39, 0.29) is 30.2 Å². The van der Waals surface area contributed by atoms with Crippen molar-refractivity contribution in [1.82, 2.24) is 20.4 Å². The van der Waals surface area contributed by atoms with E-state index in [1.54, 1.807) is 30.5 Å². The summed E-state index contributed by atoms with van der Waals surface area (Å²) in [6.45, 7) is 1.77. The summed E-state index contributed by atoms with van der Waals surface area (Å²) in [5, 5.41) is 10.3. The number of para-hydroxylation sites is 1. The van der Waals surface area contributed by atoms with Crippen LogP contribution in [0.15, 0.2) is 36.5 Å². The third kappa shape index (κ3) is 3.64. The van der Waals surface area contributed by atoms with Crippen LogP contribution in [0.2, 0.25) is 0 Å². The lowest BCUT2D eigenvalue weighted by atomic mass is 10.1. The van der Waals surface area contributed by atoms with Crippen molar-refractivity contribution in [3.8, 4) is 5.69 Å². The van der Waals surface area contributed by atoms with Gasteiger partial charge in [-0.25, -0.2) is 9.07 Å². The van der Waals surface area contributed by atoms with Crippen LogP contribution in [0.3, 0.4) is 0 Å². The molecule has 0 spiro atoms. The summed E-state index contributed by atoms with van der Waals surface area (Å²) in [6, 6.07) is 8.06. The van der Waals surface area contributed by atoms with Gasteiger partial charge in [0.05, 0.1) is 0 Å². The second-order valence-corrected chi connectivity index (χ2v) is 5.11. The standard InChI is InChI=1S/C15H17FN4O.ClH/c16-12-5-1-2-6-14(12)20-9-7-13(19-20)15(21)18-11-4-3-8-17-10-11;/h1-2,5-7,9,11,17H,3-4,8,10H2,(H,18,21);1H/t11-;/m0./s1. The monoisotopic (exact) mass is 324 g/mol. The summed E-state index contributed by atoms with van der Waals surface area (Å²) in [6.07, 6.45) is 3.60. The van der Waals surface area contributed by atoms with Gasteiger partial charge in [0.1, 0.15) is 11.5 Å². The molecule has 7 heteroatoms. The number of halogens is 2. The molecule has 0 saturated carbocycles. The maximum atomic E-state index is 13.7. The average Bonchev–Trinajstić information content (AvgIpc) is 2.98. The normalized spacial score (nSPS) is 17.6. The van der Waals surface area contributed by atoms with Crippen molar-refractivity contribution in [2.45, 2.75) is 18.9 Å². The molecule has 5 nitrogen and oxygen atoms in total. The highest BCUT2D eigenvalue weighted by Gasteiger charge is 2.18. The number of amides is 1. The van der Waals surface area contributed by atoms with E-state index >= 15 is 0 Å². The summed E-state index contributed by atoms with van der Waals surface area (Å²) >= 11 is 0. The first-order chi connectivity index (χ1) is 10.2.